The van der Waals surface area contributed by atoms with Gasteiger partial charge in [-0.05, 0) is 49.1 Å². The Kier molecular flexibility index (Phi) is 5.99. The Balaban J connectivity index is 1.49. The predicted octanol–water partition coefficient (Wildman–Crippen LogP) is 0.615. The molecule has 0 saturated carbocycles. The third-order valence-corrected chi connectivity index (χ3v) is 5.68. The standard InChI is InChI=1S/C19H24N4O4S/c1-12-2-7-15(18(24)10-12)16-11-17(23-22-16)19(25)21-9-8-13-3-5-14(6-4-13)28(20,26)27/h2-7,10,16-17,22-24H,8-9,11H2,1H3,(H,21,25)(H2,20,26,27). The van der Waals surface area contributed by atoms with E-state index in [4.69, 9.17) is 5.14 Å². The topological polar surface area (TPSA) is 134 Å². The highest BCUT2D eigenvalue weighted by molar-refractivity contribution is 7.89. The number of amides is 1. The van der Waals surface area contributed by atoms with E-state index in [1.807, 2.05) is 19.1 Å². The van der Waals surface area contributed by atoms with Crippen LogP contribution in [0.2, 0.25) is 0 Å². The molecular weight excluding hydrogens is 380 g/mol. The molecule has 28 heavy (non-hydrogen) atoms. The van der Waals surface area contributed by atoms with E-state index in [2.05, 4.69) is 16.2 Å². The number of sulfonamides is 1. The number of aryl methyl sites for hydroxylation is 1. The lowest BCUT2D eigenvalue weighted by molar-refractivity contribution is -0.122. The van der Waals surface area contributed by atoms with Gasteiger partial charge in [-0.2, -0.15) is 0 Å². The summed E-state index contributed by atoms with van der Waals surface area (Å²) in [4.78, 5) is 12.4. The quantitative estimate of drug-likeness (QED) is 0.479. The van der Waals surface area contributed by atoms with Gasteiger partial charge in [-0.25, -0.2) is 24.4 Å². The van der Waals surface area contributed by atoms with E-state index in [0.717, 1.165) is 16.7 Å². The molecule has 1 aliphatic heterocycles. The minimum Gasteiger partial charge on any atom is -0.508 e. The first-order valence-electron chi connectivity index (χ1n) is 8.94. The number of hydrazine groups is 1. The molecule has 0 bridgehead atoms. The molecule has 0 spiro atoms. The lowest BCUT2D eigenvalue weighted by atomic mass is 9.99. The predicted molar refractivity (Wildman–Crippen MR) is 105 cm³/mol. The summed E-state index contributed by atoms with van der Waals surface area (Å²) >= 11 is 0. The highest BCUT2D eigenvalue weighted by atomic mass is 32.2. The van der Waals surface area contributed by atoms with Gasteiger partial charge in [0.2, 0.25) is 15.9 Å². The van der Waals surface area contributed by atoms with Crippen LogP contribution in [-0.2, 0) is 21.2 Å². The van der Waals surface area contributed by atoms with E-state index in [1.165, 1.54) is 12.1 Å². The third kappa shape index (κ3) is 4.87. The number of rotatable bonds is 6. The summed E-state index contributed by atoms with van der Waals surface area (Å²) in [6.07, 6.45) is 1.09. The molecule has 1 fully saturated rings. The first-order valence-corrected chi connectivity index (χ1v) is 10.5. The monoisotopic (exact) mass is 404 g/mol. The number of nitrogens with two attached hydrogens (primary N) is 1. The van der Waals surface area contributed by atoms with Gasteiger partial charge in [0.05, 0.1) is 10.9 Å². The Morgan fingerprint density at radius 3 is 2.57 bits per heavy atom. The van der Waals surface area contributed by atoms with E-state index >= 15 is 0 Å². The second kappa shape index (κ2) is 8.27. The summed E-state index contributed by atoms with van der Waals surface area (Å²) in [5.74, 6) is 0.0751. The fourth-order valence-corrected chi connectivity index (χ4v) is 3.69. The first-order chi connectivity index (χ1) is 13.2. The number of hydrogen-bond acceptors (Lipinski definition) is 6. The second-order valence-electron chi connectivity index (χ2n) is 6.92. The normalized spacial score (nSPS) is 19.5. The van der Waals surface area contributed by atoms with Gasteiger partial charge in [0.15, 0.2) is 0 Å². The largest absolute Gasteiger partial charge is 0.508 e. The van der Waals surface area contributed by atoms with Gasteiger partial charge in [0.1, 0.15) is 11.8 Å². The second-order valence-corrected chi connectivity index (χ2v) is 8.48. The lowest BCUT2D eigenvalue weighted by Crippen LogP contribution is -2.43. The number of phenols is 1. The van der Waals surface area contributed by atoms with Crippen molar-refractivity contribution in [3.8, 4) is 5.75 Å². The fourth-order valence-electron chi connectivity index (χ4n) is 3.18. The molecule has 0 aliphatic carbocycles. The zero-order valence-electron chi connectivity index (χ0n) is 15.5. The molecule has 1 amide bonds. The summed E-state index contributed by atoms with van der Waals surface area (Å²) in [5.41, 5.74) is 8.64. The molecular formula is C19H24N4O4S. The smallest absolute Gasteiger partial charge is 0.238 e. The molecule has 9 heteroatoms. The Hall–Kier alpha value is -2.46. The summed E-state index contributed by atoms with van der Waals surface area (Å²) < 4.78 is 22.5. The van der Waals surface area contributed by atoms with Gasteiger partial charge < -0.3 is 10.4 Å². The van der Waals surface area contributed by atoms with Crippen molar-refractivity contribution in [3.63, 3.8) is 0 Å². The first kappa shape index (κ1) is 20.3. The van der Waals surface area contributed by atoms with Crippen LogP contribution in [0.15, 0.2) is 47.4 Å². The Bertz CT molecular complexity index is 960. The van der Waals surface area contributed by atoms with Crippen molar-refractivity contribution < 1.29 is 18.3 Å². The number of aromatic hydroxyl groups is 1. The fraction of sp³-hybridized carbons (Fsp3) is 0.316. The van der Waals surface area contributed by atoms with Crippen LogP contribution in [-0.4, -0.2) is 32.0 Å². The van der Waals surface area contributed by atoms with Crippen molar-refractivity contribution in [2.45, 2.75) is 36.7 Å². The van der Waals surface area contributed by atoms with Gasteiger partial charge in [-0.3, -0.25) is 4.79 Å². The van der Waals surface area contributed by atoms with Gasteiger partial charge in [0, 0.05) is 12.1 Å². The number of hydrogen-bond donors (Lipinski definition) is 5. The molecule has 1 aliphatic rings. The minimum absolute atomic E-state index is 0.0620. The molecule has 2 aromatic rings. The maximum absolute atomic E-state index is 12.4. The molecule has 2 atom stereocenters. The molecule has 1 heterocycles. The molecule has 1 saturated heterocycles. The highest BCUT2D eigenvalue weighted by Crippen LogP contribution is 2.30. The van der Waals surface area contributed by atoms with Gasteiger partial charge in [-0.1, -0.05) is 24.3 Å². The molecule has 150 valence electrons. The molecule has 2 aromatic carbocycles. The molecule has 2 unspecified atom stereocenters. The maximum Gasteiger partial charge on any atom is 0.238 e. The minimum atomic E-state index is -3.70. The summed E-state index contributed by atoms with van der Waals surface area (Å²) in [7, 11) is -3.70. The Labute approximate surface area is 164 Å². The third-order valence-electron chi connectivity index (χ3n) is 4.75. The van der Waals surface area contributed by atoms with E-state index < -0.39 is 16.1 Å². The van der Waals surface area contributed by atoms with E-state index in [-0.39, 0.29) is 22.6 Å². The molecule has 0 radical (unpaired) electrons. The number of primary sulfonamides is 1. The molecule has 3 rings (SSSR count). The van der Waals surface area contributed by atoms with Crippen molar-refractivity contribution in [3.05, 3.63) is 59.2 Å². The van der Waals surface area contributed by atoms with Crippen molar-refractivity contribution in [2.75, 3.05) is 6.54 Å². The summed E-state index contributed by atoms with van der Waals surface area (Å²) in [6, 6.07) is 11.2. The van der Waals surface area contributed by atoms with Crippen molar-refractivity contribution >= 4 is 15.9 Å². The average molecular weight is 404 g/mol. The van der Waals surface area contributed by atoms with E-state index in [0.29, 0.717) is 19.4 Å². The zero-order chi connectivity index (χ0) is 20.3. The molecule has 6 N–H and O–H groups in total. The number of phenolic OH excluding ortho intramolecular Hbond substituents is 1. The number of nitrogens with one attached hydrogen (secondary N) is 3. The van der Waals surface area contributed by atoms with Gasteiger partial charge in [-0.15, -0.1) is 0 Å². The summed E-state index contributed by atoms with van der Waals surface area (Å²) in [5, 5.41) is 18.0. The van der Waals surface area contributed by atoms with Crippen LogP contribution in [0, 0.1) is 6.92 Å². The number of carbonyl (C=O) groups excluding carboxylic acids is 1. The Morgan fingerprint density at radius 1 is 1.21 bits per heavy atom. The van der Waals surface area contributed by atoms with E-state index in [1.54, 1.807) is 18.2 Å². The van der Waals surface area contributed by atoms with Gasteiger partial charge in [0.25, 0.3) is 0 Å². The highest BCUT2D eigenvalue weighted by Gasteiger charge is 2.31. The SMILES string of the molecule is Cc1ccc(C2CC(C(=O)NCCc3ccc(S(N)(=O)=O)cc3)NN2)c(O)c1. The van der Waals surface area contributed by atoms with E-state index in [9.17, 15) is 18.3 Å². The van der Waals surface area contributed by atoms with Crippen molar-refractivity contribution in [2.24, 2.45) is 5.14 Å². The van der Waals surface area contributed by atoms with Crippen LogP contribution in [0.3, 0.4) is 0 Å². The zero-order valence-corrected chi connectivity index (χ0v) is 16.3. The van der Waals surface area contributed by atoms with Crippen LogP contribution < -0.4 is 21.3 Å². The number of benzene rings is 2. The van der Waals surface area contributed by atoms with Crippen LogP contribution in [0.4, 0.5) is 0 Å². The van der Waals surface area contributed by atoms with Crippen LogP contribution in [0.5, 0.6) is 5.75 Å². The Morgan fingerprint density at radius 2 is 1.93 bits per heavy atom. The van der Waals surface area contributed by atoms with Gasteiger partial charge >= 0.3 is 0 Å². The van der Waals surface area contributed by atoms with Crippen molar-refractivity contribution in [1.29, 1.82) is 0 Å². The lowest BCUT2D eigenvalue weighted by Gasteiger charge is -2.12. The van der Waals surface area contributed by atoms with Crippen LogP contribution in [0.1, 0.15) is 29.2 Å². The number of carbonyl (C=O) groups is 1. The van der Waals surface area contributed by atoms with Crippen LogP contribution >= 0.6 is 0 Å². The molecule has 8 nitrogen and oxygen atoms in total. The van der Waals surface area contributed by atoms with Crippen LogP contribution in [0.25, 0.3) is 0 Å². The average Bonchev–Trinajstić information content (AvgIpc) is 3.11. The molecule has 0 aromatic heterocycles. The van der Waals surface area contributed by atoms with Crippen molar-refractivity contribution in [1.82, 2.24) is 16.2 Å². The maximum atomic E-state index is 12.4. The summed E-state index contributed by atoms with van der Waals surface area (Å²) in [6.45, 7) is 2.33.